The number of carbonyl (C=O) groups excluding carboxylic acids is 1. The van der Waals surface area contributed by atoms with Crippen molar-refractivity contribution in [3.63, 3.8) is 0 Å². The first-order valence-electron chi connectivity index (χ1n) is 12.3. The van der Waals surface area contributed by atoms with Crippen molar-refractivity contribution in [2.75, 3.05) is 20.2 Å². The zero-order valence-electron chi connectivity index (χ0n) is 21.3. The van der Waals surface area contributed by atoms with Gasteiger partial charge in [-0.25, -0.2) is 14.6 Å². The summed E-state index contributed by atoms with van der Waals surface area (Å²) in [6.07, 6.45) is -1.37. The average Bonchev–Trinajstić information content (AvgIpc) is 3.31. The molecular weight excluding hydrogens is 517 g/mol. The molecule has 1 saturated heterocycles. The molecule has 2 N–H and O–H groups in total. The molecular formula is C27H27F3N4O5. The number of carbonyl (C=O) groups is 2. The summed E-state index contributed by atoms with van der Waals surface area (Å²) in [5.41, 5.74) is 4.04. The Balaban J connectivity index is 0.000000448. The fraction of sp³-hybridized carbons (Fsp3) is 0.333. The number of esters is 1. The second-order valence-electron chi connectivity index (χ2n) is 8.96. The van der Waals surface area contributed by atoms with Crippen LogP contribution in [0.3, 0.4) is 0 Å². The molecule has 1 fully saturated rings. The number of aryl methyl sites for hydroxylation is 1. The monoisotopic (exact) mass is 544 g/mol. The molecule has 5 rings (SSSR count). The van der Waals surface area contributed by atoms with Crippen molar-refractivity contribution in [1.29, 1.82) is 0 Å². The molecule has 39 heavy (non-hydrogen) atoms. The topological polar surface area (TPSA) is 115 Å². The van der Waals surface area contributed by atoms with Crippen LogP contribution in [0.15, 0.2) is 53.5 Å². The Hall–Kier alpha value is -4.19. The Labute approximate surface area is 220 Å². The number of hydrogen-bond acceptors (Lipinski definition) is 6. The predicted octanol–water partition coefficient (Wildman–Crippen LogP) is 4.38. The minimum Gasteiger partial charge on any atom is -0.475 e. The van der Waals surface area contributed by atoms with Gasteiger partial charge < -0.3 is 24.3 Å². The minimum absolute atomic E-state index is 0.0421. The van der Waals surface area contributed by atoms with Gasteiger partial charge in [-0.3, -0.25) is 4.79 Å². The predicted molar refractivity (Wildman–Crippen MR) is 139 cm³/mol. The van der Waals surface area contributed by atoms with Gasteiger partial charge in [0.05, 0.1) is 23.7 Å². The summed E-state index contributed by atoms with van der Waals surface area (Å²) in [5.74, 6) is -3.18. The molecule has 1 aliphatic rings. The zero-order chi connectivity index (χ0) is 28.3. The van der Waals surface area contributed by atoms with Crippen LogP contribution >= 0.6 is 0 Å². The maximum absolute atomic E-state index is 13.9. The smallest absolute Gasteiger partial charge is 0.475 e. The number of hydrogen-bond donors (Lipinski definition) is 2. The Morgan fingerprint density at radius 1 is 1.13 bits per heavy atom. The van der Waals surface area contributed by atoms with Crippen molar-refractivity contribution in [1.82, 2.24) is 19.4 Å². The third kappa shape index (κ3) is 5.65. The number of carboxylic acids is 1. The summed E-state index contributed by atoms with van der Waals surface area (Å²) in [6, 6.07) is 13.4. The number of ether oxygens (including phenoxy) is 1. The second kappa shape index (κ2) is 11.3. The summed E-state index contributed by atoms with van der Waals surface area (Å²) >= 11 is 0. The molecule has 0 unspecified atom stereocenters. The largest absolute Gasteiger partial charge is 0.490 e. The van der Waals surface area contributed by atoms with E-state index in [0.29, 0.717) is 22.3 Å². The van der Waals surface area contributed by atoms with E-state index in [9.17, 15) is 22.8 Å². The van der Waals surface area contributed by atoms with Crippen molar-refractivity contribution < 1.29 is 32.6 Å². The van der Waals surface area contributed by atoms with Crippen LogP contribution in [0, 0.1) is 0 Å². The molecule has 0 spiro atoms. The van der Waals surface area contributed by atoms with E-state index in [2.05, 4.69) is 22.9 Å². The van der Waals surface area contributed by atoms with Gasteiger partial charge in [0.25, 0.3) is 5.56 Å². The molecule has 0 atom stereocenters. The molecule has 3 heterocycles. The van der Waals surface area contributed by atoms with E-state index in [1.54, 1.807) is 18.2 Å². The Morgan fingerprint density at radius 3 is 2.41 bits per heavy atom. The Morgan fingerprint density at radius 2 is 1.79 bits per heavy atom. The molecule has 4 aromatic rings. The van der Waals surface area contributed by atoms with Crippen LogP contribution in [0.5, 0.6) is 0 Å². The highest BCUT2D eigenvalue weighted by atomic mass is 19.4. The highest BCUT2D eigenvalue weighted by Gasteiger charge is 2.38. The highest BCUT2D eigenvalue weighted by Crippen LogP contribution is 2.31. The van der Waals surface area contributed by atoms with E-state index in [1.807, 2.05) is 29.0 Å². The third-order valence-electron chi connectivity index (χ3n) is 6.61. The first kappa shape index (κ1) is 27.8. The number of rotatable bonds is 4. The number of halogens is 3. The number of methoxy groups -OCH3 is 1. The molecule has 2 aromatic heterocycles. The first-order valence-corrected chi connectivity index (χ1v) is 12.3. The van der Waals surface area contributed by atoms with Crippen LogP contribution in [-0.4, -0.2) is 57.5 Å². The third-order valence-corrected chi connectivity index (χ3v) is 6.61. The summed E-state index contributed by atoms with van der Waals surface area (Å²) in [5, 5.41) is 11.5. The molecule has 9 nitrogen and oxygen atoms in total. The highest BCUT2D eigenvalue weighted by molar-refractivity contribution is 5.97. The number of alkyl halides is 3. The molecule has 0 aliphatic carbocycles. The van der Waals surface area contributed by atoms with Crippen LogP contribution < -0.4 is 10.9 Å². The van der Waals surface area contributed by atoms with Crippen molar-refractivity contribution in [2.45, 2.75) is 38.5 Å². The number of fused-ring (bicyclic) bond motifs is 2. The van der Waals surface area contributed by atoms with Gasteiger partial charge in [-0.15, -0.1) is 0 Å². The fourth-order valence-corrected chi connectivity index (χ4v) is 4.75. The standard InChI is InChI=1S/C25H26N4O3.C2HF3O2/c1-3-28-15-19(18-6-4-5-7-21(18)28)23-24(30)29(17-10-12-26-13-11-17)22-14-16(25(31)32-2)8-9-20(22)27-23;3-2(4,5)1(6)7/h4-9,14-15,17,26H,3,10-13H2,1-2H3;(H,6,7). The van der Waals surface area contributed by atoms with E-state index >= 15 is 0 Å². The van der Waals surface area contributed by atoms with Crippen LogP contribution in [0.2, 0.25) is 0 Å². The van der Waals surface area contributed by atoms with E-state index in [1.165, 1.54) is 7.11 Å². The number of aliphatic carboxylic acids is 1. The minimum atomic E-state index is -5.08. The van der Waals surface area contributed by atoms with E-state index in [4.69, 9.17) is 19.6 Å². The van der Waals surface area contributed by atoms with Crippen LogP contribution in [-0.2, 0) is 16.1 Å². The molecule has 206 valence electrons. The van der Waals surface area contributed by atoms with Gasteiger partial charge in [0.2, 0.25) is 0 Å². The van der Waals surface area contributed by atoms with Gasteiger partial charge in [-0.1, -0.05) is 18.2 Å². The van der Waals surface area contributed by atoms with Crippen molar-refractivity contribution >= 4 is 33.9 Å². The number of carboxylic acid groups (broad SMARTS) is 1. The van der Waals surface area contributed by atoms with Crippen LogP contribution in [0.4, 0.5) is 13.2 Å². The van der Waals surface area contributed by atoms with E-state index in [-0.39, 0.29) is 11.6 Å². The maximum atomic E-state index is 13.9. The normalized spacial score (nSPS) is 14.2. The lowest BCUT2D eigenvalue weighted by Crippen LogP contribution is -2.35. The summed E-state index contributed by atoms with van der Waals surface area (Å²) in [4.78, 5) is 39.8. The lowest BCUT2D eigenvalue weighted by Gasteiger charge is -2.26. The molecule has 1 aliphatic heterocycles. The first-order chi connectivity index (χ1) is 18.6. The summed E-state index contributed by atoms with van der Waals surface area (Å²) in [6.45, 7) is 4.59. The van der Waals surface area contributed by atoms with Crippen molar-refractivity contribution in [3.8, 4) is 11.3 Å². The number of piperidine rings is 1. The molecule has 0 amide bonds. The number of para-hydroxylation sites is 1. The summed E-state index contributed by atoms with van der Waals surface area (Å²) < 4.78 is 40.6. The molecule has 0 bridgehead atoms. The molecule has 0 radical (unpaired) electrons. The Bertz CT molecular complexity index is 1590. The number of nitrogens with zero attached hydrogens (tertiary/aromatic N) is 3. The summed E-state index contributed by atoms with van der Waals surface area (Å²) in [7, 11) is 1.36. The van der Waals surface area contributed by atoms with Gasteiger partial charge in [-0.05, 0) is 57.1 Å². The van der Waals surface area contributed by atoms with E-state index in [0.717, 1.165) is 48.9 Å². The lowest BCUT2D eigenvalue weighted by molar-refractivity contribution is -0.192. The van der Waals surface area contributed by atoms with Crippen molar-refractivity contribution in [3.05, 3.63) is 64.6 Å². The number of nitrogens with one attached hydrogen (secondary N) is 1. The molecule has 12 heteroatoms. The SMILES string of the molecule is CCn1cc(-c2nc3ccc(C(=O)OC)cc3n(C3CCNCC3)c2=O)c2ccccc21.O=C(O)C(F)(F)F. The number of benzene rings is 2. The molecule has 2 aromatic carbocycles. The molecule has 0 saturated carbocycles. The zero-order valence-corrected chi connectivity index (χ0v) is 21.3. The van der Waals surface area contributed by atoms with Gasteiger partial charge in [0.15, 0.2) is 0 Å². The number of aromatic nitrogens is 3. The van der Waals surface area contributed by atoms with Gasteiger partial charge >= 0.3 is 18.1 Å². The lowest BCUT2D eigenvalue weighted by atomic mass is 10.0. The van der Waals surface area contributed by atoms with Crippen molar-refractivity contribution in [2.24, 2.45) is 0 Å². The quantitative estimate of drug-likeness (QED) is 0.367. The van der Waals surface area contributed by atoms with E-state index < -0.39 is 18.1 Å². The van der Waals surface area contributed by atoms with Crippen LogP contribution in [0.1, 0.15) is 36.2 Å². The average molecular weight is 545 g/mol. The Kier molecular flexibility index (Phi) is 8.05. The van der Waals surface area contributed by atoms with Gasteiger partial charge in [-0.2, -0.15) is 13.2 Å². The van der Waals surface area contributed by atoms with Crippen LogP contribution in [0.25, 0.3) is 33.2 Å². The van der Waals surface area contributed by atoms with Gasteiger partial charge in [0.1, 0.15) is 5.69 Å². The second-order valence-corrected chi connectivity index (χ2v) is 8.96. The fourth-order valence-electron chi connectivity index (χ4n) is 4.75. The maximum Gasteiger partial charge on any atom is 0.490 e. The van der Waals surface area contributed by atoms with Gasteiger partial charge in [0, 0.05) is 35.2 Å².